The molecular weight excluding hydrogens is 304 g/mol. The first-order chi connectivity index (χ1) is 11.6. The van der Waals surface area contributed by atoms with Crippen molar-refractivity contribution in [2.24, 2.45) is 5.92 Å². The van der Waals surface area contributed by atoms with Gasteiger partial charge in [-0.1, -0.05) is 38.1 Å². The summed E-state index contributed by atoms with van der Waals surface area (Å²) in [5.41, 5.74) is 2.86. The molecule has 24 heavy (non-hydrogen) atoms. The third kappa shape index (κ3) is 4.15. The number of hydrogen-bond acceptors (Lipinski definition) is 4. The van der Waals surface area contributed by atoms with Crippen LogP contribution in [0.25, 0.3) is 0 Å². The topological polar surface area (TPSA) is 50.8 Å². The molecule has 0 saturated carbocycles. The zero-order valence-corrected chi connectivity index (χ0v) is 14.7. The molecule has 1 N–H and O–H groups in total. The van der Waals surface area contributed by atoms with Crippen LogP contribution in [-0.4, -0.2) is 55.9 Å². The first-order valence-electron chi connectivity index (χ1n) is 8.93. The second-order valence-electron chi connectivity index (χ2n) is 6.98. The normalized spacial score (nSPS) is 22.9. The Morgan fingerprint density at radius 2 is 2.08 bits per heavy atom. The minimum absolute atomic E-state index is 0.0576. The Hall–Kier alpha value is -1.43. The van der Waals surface area contributed by atoms with Crippen molar-refractivity contribution < 1.29 is 14.3 Å². The van der Waals surface area contributed by atoms with Crippen LogP contribution in [-0.2, 0) is 27.2 Å². The van der Waals surface area contributed by atoms with Crippen molar-refractivity contribution in [2.45, 2.75) is 39.0 Å². The van der Waals surface area contributed by atoms with Crippen LogP contribution in [0.1, 0.15) is 25.0 Å². The molecule has 5 heteroatoms. The van der Waals surface area contributed by atoms with Crippen LogP contribution in [0, 0.1) is 5.92 Å². The van der Waals surface area contributed by atoms with E-state index in [1.807, 2.05) is 0 Å². The number of amides is 1. The van der Waals surface area contributed by atoms with Gasteiger partial charge in [-0.15, -0.1) is 0 Å². The largest absolute Gasteiger partial charge is 0.376 e. The van der Waals surface area contributed by atoms with Crippen LogP contribution < -0.4 is 5.32 Å². The highest BCUT2D eigenvalue weighted by atomic mass is 16.6. The maximum Gasteiger partial charge on any atom is 0.251 e. The lowest BCUT2D eigenvalue weighted by Gasteiger charge is -2.38. The third-order valence-corrected chi connectivity index (χ3v) is 4.99. The highest BCUT2D eigenvalue weighted by Crippen LogP contribution is 2.22. The van der Waals surface area contributed by atoms with Gasteiger partial charge in [-0.05, 0) is 23.5 Å². The summed E-state index contributed by atoms with van der Waals surface area (Å²) in [6.45, 7) is 8.51. The van der Waals surface area contributed by atoms with Crippen molar-refractivity contribution in [3.8, 4) is 0 Å². The molecular formula is C19H28N2O3. The number of benzene rings is 1. The summed E-state index contributed by atoms with van der Waals surface area (Å²) in [6, 6.07) is 8.98. The Kier molecular flexibility index (Phi) is 5.87. The van der Waals surface area contributed by atoms with E-state index in [0.717, 1.165) is 19.5 Å². The SMILES string of the molecule is CC(C)[C@@H](CNC(=O)[C@H]1COCCO1)N1CCc2ccccc2C1. The molecule has 1 fully saturated rings. The summed E-state index contributed by atoms with van der Waals surface area (Å²) in [4.78, 5) is 14.8. The van der Waals surface area contributed by atoms with E-state index >= 15 is 0 Å². The predicted molar refractivity (Wildman–Crippen MR) is 92.8 cm³/mol. The quantitative estimate of drug-likeness (QED) is 0.890. The summed E-state index contributed by atoms with van der Waals surface area (Å²) in [5.74, 6) is 0.414. The first-order valence-corrected chi connectivity index (χ1v) is 8.93. The highest BCUT2D eigenvalue weighted by Gasteiger charge is 2.28. The van der Waals surface area contributed by atoms with Gasteiger partial charge in [0.05, 0.1) is 19.8 Å². The van der Waals surface area contributed by atoms with Crippen LogP contribution in [0.4, 0.5) is 0 Å². The fraction of sp³-hybridized carbons (Fsp3) is 0.632. The van der Waals surface area contributed by atoms with Crippen molar-refractivity contribution in [3.05, 3.63) is 35.4 Å². The lowest BCUT2D eigenvalue weighted by molar-refractivity contribution is -0.147. The maximum atomic E-state index is 12.3. The van der Waals surface area contributed by atoms with Gasteiger partial charge in [-0.3, -0.25) is 9.69 Å². The molecule has 0 unspecified atom stereocenters. The van der Waals surface area contributed by atoms with Gasteiger partial charge in [0.2, 0.25) is 0 Å². The summed E-state index contributed by atoms with van der Waals surface area (Å²) >= 11 is 0. The van der Waals surface area contributed by atoms with E-state index in [0.29, 0.717) is 38.3 Å². The van der Waals surface area contributed by atoms with Crippen molar-refractivity contribution in [1.82, 2.24) is 10.2 Å². The molecule has 1 amide bonds. The van der Waals surface area contributed by atoms with Crippen LogP contribution in [0.2, 0.25) is 0 Å². The van der Waals surface area contributed by atoms with Gasteiger partial charge in [0.15, 0.2) is 6.10 Å². The zero-order valence-electron chi connectivity index (χ0n) is 14.7. The van der Waals surface area contributed by atoms with Crippen molar-refractivity contribution in [1.29, 1.82) is 0 Å². The number of rotatable bonds is 5. The zero-order chi connectivity index (χ0) is 16.9. The fourth-order valence-electron chi connectivity index (χ4n) is 3.55. The fourth-order valence-corrected chi connectivity index (χ4v) is 3.55. The molecule has 1 saturated heterocycles. The molecule has 2 heterocycles. The second-order valence-corrected chi connectivity index (χ2v) is 6.98. The number of hydrogen-bond donors (Lipinski definition) is 1. The Bertz CT molecular complexity index is 555. The minimum Gasteiger partial charge on any atom is -0.376 e. The van der Waals surface area contributed by atoms with Crippen LogP contribution in [0.15, 0.2) is 24.3 Å². The van der Waals surface area contributed by atoms with Gasteiger partial charge in [0.25, 0.3) is 5.91 Å². The first kappa shape index (κ1) is 17.4. The highest BCUT2D eigenvalue weighted by molar-refractivity contribution is 5.81. The van der Waals surface area contributed by atoms with Gasteiger partial charge in [-0.25, -0.2) is 0 Å². The van der Waals surface area contributed by atoms with Crippen LogP contribution in [0.5, 0.6) is 0 Å². The average molecular weight is 332 g/mol. The Labute approximate surface area is 144 Å². The molecule has 0 bridgehead atoms. The van der Waals surface area contributed by atoms with Crippen molar-refractivity contribution in [2.75, 3.05) is 32.9 Å². The number of carbonyl (C=O) groups is 1. The lowest BCUT2D eigenvalue weighted by atomic mass is 9.95. The molecule has 2 aliphatic rings. The monoisotopic (exact) mass is 332 g/mol. The number of ether oxygens (including phenoxy) is 2. The van der Waals surface area contributed by atoms with Gasteiger partial charge in [0.1, 0.15) is 0 Å². The van der Waals surface area contributed by atoms with E-state index < -0.39 is 6.10 Å². The van der Waals surface area contributed by atoms with Gasteiger partial charge in [-0.2, -0.15) is 0 Å². The third-order valence-electron chi connectivity index (χ3n) is 4.99. The molecule has 0 spiro atoms. The second kappa shape index (κ2) is 8.10. The molecule has 0 radical (unpaired) electrons. The van der Waals surface area contributed by atoms with Crippen LogP contribution in [0.3, 0.4) is 0 Å². The molecule has 3 rings (SSSR count). The van der Waals surface area contributed by atoms with Gasteiger partial charge < -0.3 is 14.8 Å². The summed E-state index contributed by atoms with van der Waals surface area (Å²) in [5, 5.41) is 3.07. The van der Waals surface area contributed by atoms with Crippen molar-refractivity contribution in [3.63, 3.8) is 0 Å². The van der Waals surface area contributed by atoms with E-state index in [1.54, 1.807) is 0 Å². The predicted octanol–water partition coefficient (Wildman–Crippen LogP) is 1.60. The number of carbonyl (C=O) groups excluding carboxylic acids is 1. The maximum absolute atomic E-state index is 12.3. The molecule has 2 aliphatic heterocycles. The van der Waals surface area contributed by atoms with Crippen molar-refractivity contribution >= 4 is 5.91 Å². The Morgan fingerprint density at radius 1 is 1.29 bits per heavy atom. The summed E-state index contributed by atoms with van der Waals surface area (Å²) < 4.78 is 10.8. The average Bonchev–Trinajstić information content (AvgIpc) is 2.62. The lowest BCUT2D eigenvalue weighted by Crippen LogP contribution is -2.51. The number of fused-ring (bicyclic) bond motifs is 1. The Balaban J connectivity index is 1.58. The standard InChI is InChI=1S/C19H28N2O3/c1-14(2)17(11-20-19(22)18-13-23-9-10-24-18)21-8-7-15-5-3-4-6-16(15)12-21/h3-6,14,17-18H,7-13H2,1-2H3,(H,20,22)/t17-,18-/m1/s1. The van der Waals surface area contributed by atoms with E-state index in [4.69, 9.17) is 9.47 Å². The molecule has 132 valence electrons. The van der Waals surface area contributed by atoms with E-state index in [1.165, 1.54) is 11.1 Å². The number of nitrogens with one attached hydrogen (secondary N) is 1. The summed E-state index contributed by atoms with van der Waals surface area (Å²) in [7, 11) is 0. The molecule has 1 aromatic rings. The van der Waals surface area contributed by atoms with E-state index in [9.17, 15) is 4.79 Å². The van der Waals surface area contributed by atoms with Crippen LogP contribution >= 0.6 is 0 Å². The van der Waals surface area contributed by atoms with Gasteiger partial charge >= 0.3 is 0 Å². The van der Waals surface area contributed by atoms with E-state index in [-0.39, 0.29) is 5.91 Å². The van der Waals surface area contributed by atoms with E-state index in [2.05, 4.69) is 48.3 Å². The Morgan fingerprint density at radius 3 is 2.79 bits per heavy atom. The molecule has 1 aromatic carbocycles. The molecule has 0 aromatic heterocycles. The summed E-state index contributed by atoms with van der Waals surface area (Å²) in [6.07, 6.45) is 0.612. The van der Waals surface area contributed by atoms with Gasteiger partial charge in [0, 0.05) is 25.7 Å². The smallest absolute Gasteiger partial charge is 0.251 e. The molecule has 2 atom stereocenters. The minimum atomic E-state index is -0.464. The number of nitrogens with zero attached hydrogens (tertiary/aromatic N) is 1. The molecule has 5 nitrogen and oxygen atoms in total. The molecule has 0 aliphatic carbocycles.